The Bertz CT molecular complexity index is 609. The zero-order valence-corrected chi connectivity index (χ0v) is 11.4. The number of ether oxygens (including phenoxy) is 1. The summed E-state index contributed by atoms with van der Waals surface area (Å²) in [5, 5.41) is 0. The van der Waals surface area contributed by atoms with Crippen molar-refractivity contribution >= 4 is 11.7 Å². The maximum atomic E-state index is 11.7. The summed E-state index contributed by atoms with van der Waals surface area (Å²) in [6, 6.07) is 11.7. The van der Waals surface area contributed by atoms with E-state index in [1.54, 1.807) is 0 Å². The third-order valence-electron chi connectivity index (χ3n) is 3.14. The van der Waals surface area contributed by atoms with Crippen LogP contribution in [0.25, 0.3) is 11.1 Å². The molecule has 0 aromatic heterocycles. The van der Waals surface area contributed by atoms with E-state index in [0.717, 1.165) is 27.9 Å². The molecule has 2 aromatic rings. The summed E-state index contributed by atoms with van der Waals surface area (Å²) in [4.78, 5) is 11.7. The minimum atomic E-state index is -0.297. The number of aryl methyl sites for hydroxylation is 2. The van der Waals surface area contributed by atoms with Crippen LogP contribution in [0.2, 0.25) is 0 Å². The van der Waals surface area contributed by atoms with Crippen molar-refractivity contribution in [3.8, 4) is 11.1 Å². The molecule has 0 unspecified atom stereocenters. The summed E-state index contributed by atoms with van der Waals surface area (Å²) in [6.45, 7) is 3.82. The number of esters is 1. The van der Waals surface area contributed by atoms with Crippen LogP contribution in [0.4, 0.5) is 5.69 Å². The lowest BCUT2D eigenvalue weighted by atomic mass is 9.95. The number of hydrogen-bond donors (Lipinski definition) is 1. The van der Waals surface area contributed by atoms with Gasteiger partial charge >= 0.3 is 5.97 Å². The first-order chi connectivity index (χ1) is 9.02. The van der Waals surface area contributed by atoms with Gasteiger partial charge in [0.15, 0.2) is 0 Å². The number of nitrogen functional groups attached to an aromatic ring is 1. The van der Waals surface area contributed by atoms with Gasteiger partial charge in [-0.3, -0.25) is 0 Å². The van der Waals surface area contributed by atoms with E-state index >= 15 is 0 Å². The van der Waals surface area contributed by atoms with Crippen molar-refractivity contribution in [3.63, 3.8) is 0 Å². The lowest BCUT2D eigenvalue weighted by Crippen LogP contribution is -2.06. The molecule has 0 atom stereocenters. The molecule has 0 bridgehead atoms. The Hall–Kier alpha value is -2.29. The molecule has 0 aliphatic carbocycles. The van der Waals surface area contributed by atoms with Gasteiger partial charge in [0.25, 0.3) is 0 Å². The van der Waals surface area contributed by atoms with Crippen molar-refractivity contribution in [1.29, 1.82) is 0 Å². The van der Waals surface area contributed by atoms with Crippen molar-refractivity contribution in [2.75, 3.05) is 12.8 Å². The summed E-state index contributed by atoms with van der Waals surface area (Å²) in [5.74, 6) is -0.297. The van der Waals surface area contributed by atoms with E-state index in [-0.39, 0.29) is 5.97 Å². The predicted molar refractivity (Wildman–Crippen MR) is 77.1 cm³/mol. The van der Waals surface area contributed by atoms with Gasteiger partial charge in [-0.05, 0) is 48.2 Å². The van der Waals surface area contributed by atoms with E-state index in [0.29, 0.717) is 5.56 Å². The molecule has 2 aromatic carbocycles. The number of carbonyl (C=O) groups excluding carboxylic acids is 1. The maximum Gasteiger partial charge on any atom is 0.338 e. The summed E-state index contributed by atoms with van der Waals surface area (Å²) in [7, 11) is 1.40. The molecule has 98 valence electrons. The minimum Gasteiger partial charge on any atom is -0.465 e. The molecule has 0 fully saturated rings. The zero-order valence-electron chi connectivity index (χ0n) is 11.4. The standard InChI is InChI=1S/C16H17NO2/c1-10-7-13(12-5-4-6-14(17)9-12)8-11(2)15(10)16(18)19-3/h4-9H,17H2,1-3H3. The number of rotatable bonds is 2. The highest BCUT2D eigenvalue weighted by atomic mass is 16.5. The van der Waals surface area contributed by atoms with Crippen molar-refractivity contribution < 1.29 is 9.53 Å². The Morgan fingerprint density at radius 3 is 2.21 bits per heavy atom. The third-order valence-corrected chi connectivity index (χ3v) is 3.14. The monoisotopic (exact) mass is 255 g/mol. The second kappa shape index (κ2) is 5.14. The molecule has 0 amide bonds. The smallest absolute Gasteiger partial charge is 0.338 e. The third kappa shape index (κ3) is 2.60. The fourth-order valence-corrected chi connectivity index (χ4v) is 2.27. The molecular formula is C16H17NO2. The van der Waals surface area contributed by atoms with Crippen LogP contribution in [0, 0.1) is 13.8 Å². The number of hydrogen-bond acceptors (Lipinski definition) is 3. The molecular weight excluding hydrogens is 238 g/mol. The number of benzene rings is 2. The lowest BCUT2D eigenvalue weighted by Gasteiger charge is -2.11. The summed E-state index contributed by atoms with van der Waals surface area (Å²) in [6.07, 6.45) is 0. The number of nitrogens with two attached hydrogens (primary N) is 1. The van der Waals surface area contributed by atoms with Crippen LogP contribution in [-0.4, -0.2) is 13.1 Å². The van der Waals surface area contributed by atoms with Crippen LogP contribution in [0.5, 0.6) is 0 Å². The van der Waals surface area contributed by atoms with E-state index < -0.39 is 0 Å². The molecule has 0 saturated carbocycles. The average molecular weight is 255 g/mol. The van der Waals surface area contributed by atoms with Crippen molar-refractivity contribution in [3.05, 3.63) is 53.1 Å². The van der Waals surface area contributed by atoms with Crippen LogP contribution >= 0.6 is 0 Å². The SMILES string of the molecule is COC(=O)c1c(C)cc(-c2cccc(N)c2)cc1C. The first-order valence-corrected chi connectivity index (χ1v) is 6.08. The quantitative estimate of drug-likeness (QED) is 0.661. The van der Waals surface area contributed by atoms with E-state index in [2.05, 4.69) is 0 Å². The minimum absolute atomic E-state index is 0.297. The Morgan fingerprint density at radius 1 is 1.05 bits per heavy atom. The van der Waals surface area contributed by atoms with Gasteiger partial charge in [-0.2, -0.15) is 0 Å². The second-order valence-corrected chi connectivity index (χ2v) is 4.60. The van der Waals surface area contributed by atoms with Gasteiger partial charge in [-0.15, -0.1) is 0 Å². The van der Waals surface area contributed by atoms with Gasteiger partial charge in [-0.1, -0.05) is 24.3 Å². The first-order valence-electron chi connectivity index (χ1n) is 6.08. The molecule has 0 radical (unpaired) electrons. The highest BCUT2D eigenvalue weighted by molar-refractivity contribution is 5.93. The summed E-state index contributed by atoms with van der Waals surface area (Å²) in [5.41, 5.74) is 11.1. The van der Waals surface area contributed by atoms with Crippen molar-refractivity contribution in [2.45, 2.75) is 13.8 Å². The summed E-state index contributed by atoms with van der Waals surface area (Å²) >= 11 is 0. The van der Waals surface area contributed by atoms with E-state index in [1.165, 1.54) is 7.11 Å². The molecule has 2 N–H and O–H groups in total. The van der Waals surface area contributed by atoms with E-state index in [1.807, 2.05) is 50.2 Å². The van der Waals surface area contributed by atoms with Crippen LogP contribution in [0.1, 0.15) is 21.5 Å². The van der Waals surface area contributed by atoms with E-state index in [4.69, 9.17) is 10.5 Å². The van der Waals surface area contributed by atoms with Gasteiger partial charge in [0.1, 0.15) is 0 Å². The van der Waals surface area contributed by atoms with Crippen LogP contribution in [0.3, 0.4) is 0 Å². The summed E-state index contributed by atoms with van der Waals surface area (Å²) < 4.78 is 4.80. The fourth-order valence-electron chi connectivity index (χ4n) is 2.27. The molecule has 2 rings (SSSR count). The molecule has 3 nitrogen and oxygen atoms in total. The Morgan fingerprint density at radius 2 is 1.68 bits per heavy atom. The lowest BCUT2D eigenvalue weighted by molar-refractivity contribution is 0.0599. The predicted octanol–water partition coefficient (Wildman–Crippen LogP) is 3.34. The Labute approximate surface area is 113 Å². The topological polar surface area (TPSA) is 52.3 Å². The molecule has 0 heterocycles. The molecule has 0 saturated heterocycles. The van der Waals surface area contributed by atoms with Gasteiger partial charge in [-0.25, -0.2) is 4.79 Å². The van der Waals surface area contributed by atoms with Gasteiger partial charge in [0.2, 0.25) is 0 Å². The van der Waals surface area contributed by atoms with Crippen LogP contribution in [-0.2, 0) is 4.74 Å². The number of anilines is 1. The molecule has 0 aliphatic heterocycles. The maximum absolute atomic E-state index is 11.7. The molecule has 19 heavy (non-hydrogen) atoms. The largest absolute Gasteiger partial charge is 0.465 e. The normalized spacial score (nSPS) is 10.3. The average Bonchev–Trinajstić information content (AvgIpc) is 2.37. The van der Waals surface area contributed by atoms with Crippen LogP contribution in [0.15, 0.2) is 36.4 Å². The van der Waals surface area contributed by atoms with Gasteiger partial charge < -0.3 is 10.5 Å². The second-order valence-electron chi connectivity index (χ2n) is 4.60. The zero-order chi connectivity index (χ0) is 14.0. The van der Waals surface area contributed by atoms with Crippen LogP contribution < -0.4 is 5.73 Å². The Kier molecular flexibility index (Phi) is 3.56. The number of methoxy groups -OCH3 is 1. The fraction of sp³-hybridized carbons (Fsp3) is 0.188. The van der Waals surface area contributed by atoms with Crippen molar-refractivity contribution in [1.82, 2.24) is 0 Å². The Balaban J connectivity index is 2.54. The first kappa shape index (κ1) is 13.1. The number of carbonyl (C=O) groups is 1. The van der Waals surface area contributed by atoms with Gasteiger partial charge in [0.05, 0.1) is 12.7 Å². The van der Waals surface area contributed by atoms with Gasteiger partial charge in [0, 0.05) is 5.69 Å². The van der Waals surface area contributed by atoms with Crippen molar-refractivity contribution in [2.24, 2.45) is 0 Å². The molecule has 0 aliphatic rings. The molecule has 0 spiro atoms. The highest BCUT2D eigenvalue weighted by Crippen LogP contribution is 2.26. The highest BCUT2D eigenvalue weighted by Gasteiger charge is 2.14. The molecule has 3 heteroatoms. The van der Waals surface area contributed by atoms with E-state index in [9.17, 15) is 4.79 Å².